The third kappa shape index (κ3) is 4.10. The smallest absolute Gasteiger partial charge is 0.0192 e. The summed E-state index contributed by atoms with van der Waals surface area (Å²) >= 11 is 0. The van der Waals surface area contributed by atoms with Crippen LogP contribution in [0.5, 0.6) is 0 Å². The highest BCUT2D eigenvalue weighted by Crippen LogP contribution is 2.26. The zero-order chi connectivity index (χ0) is 10.1. The molecule has 13 heavy (non-hydrogen) atoms. The first-order valence-electron chi connectivity index (χ1n) is 5.37. The maximum absolute atomic E-state index is 3.54. The third-order valence-electron chi connectivity index (χ3n) is 2.75. The normalized spacial score (nSPS) is 20.8. The van der Waals surface area contributed by atoms with Gasteiger partial charge in [-0.15, -0.1) is 0 Å². The fourth-order valence-electron chi connectivity index (χ4n) is 1.44. The molecule has 0 bridgehead atoms. The standard InChI is InChI=1S/C11H24N2/c1-9(8-12-11(2,3)4)13(5)10-6-7-10/h9-10,12H,6-8H2,1-5H3. The Hall–Kier alpha value is -0.0800. The van der Waals surface area contributed by atoms with Crippen molar-refractivity contribution in [1.29, 1.82) is 0 Å². The Bertz CT molecular complexity index is 156. The molecular weight excluding hydrogens is 160 g/mol. The van der Waals surface area contributed by atoms with E-state index in [-0.39, 0.29) is 5.54 Å². The van der Waals surface area contributed by atoms with E-state index in [1.807, 2.05) is 0 Å². The van der Waals surface area contributed by atoms with Crippen LogP contribution in [0.25, 0.3) is 0 Å². The molecule has 0 amide bonds. The van der Waals surface area contributed by atoms with Gasteiger partial charge in [0.15, 0.2) is 0 Å². The highest BCUT2D eigenvalue weighted by Gasteiger charge is 2.29. The molecule has 0 aromatic heterocycles. The molecule has 2 nitrogen and oxygen atoms in total. The number of hydrogen-bond donors (Lipinski definition) is 1. The van der Waals surface area contributed by atoms with Crippen LogP contribution in [0.4, 0.5) is 0 Å². The average molecular weight is 184 g/mol. The van der Waals surface area contributed by atoms with Crippen molar-refractivity contribution in [3.8, 4) is 0 Å². The van der Waals surface area contributed by atoms with Gasteiger partial charge in [0.25, 0.3) is 0 Å². The molecular formula is C11H24N2. The number of nitrogens with zero attached hydrogens (tertiary/aromatic N) is 1. The molecule has 1 aliphatic rings. The second-order valence-electron chi connectivity index (χ2n) is 5.38. The van der Waals surface area contributed by atoms with Gasteiger partial charge in [-0.2, -0.15) is 0 Å². The Morgan fingerprint density at radius 1 is 1.38 bits per heavy atom. The fourth-order valence-corrected chi connectivity index (χ4v) is 1.44. The zero-order valence-corrected chi connectivity index (χ0v) is 9.72. The molecule has 0 aliphatic heterocycles. The SMILES string of the molecule is CC(CNC(C)(C)C)N(C)C1CC1. The van der Waals surface area contributed by atoms with E-state index in [9.17, 15) is 0 Å². The van der Waals surface area contributed by atoms with E-state index in [0.717, 1.165) is 12.6 Å². The molecule has 1 unspecified atom stereocenters. The lowest BCUT2D eigenvalue weighted by atomic mass is 10.1. The Morgan fingerprint density at radius 2 is 1.92 bits per heavy atom. The van der Waals surface area contributed by atoms with Gasteiger partial charge in [-0.25, -0.2) is 0 Å². The first-order chi connectivity index (χ1) is 5.90. The summed E-state index contributed by atoms with van der Waals surface area (Å²) in [6.45, 7) is 10.1. The van der Waals surface area contributed by atoms with E-state index in [1.165, 1.54) is 12.8 Å². The lowest BCUT2D eigenvalue weighted by Crippen LogP contribution is -2.45. The highest BCUT2D eigenvalue weighted by atomic mass is 15.2. The maximum atomic E-state index is 3.54. The first kappa shape index (κ1) is 11.0. The Morgan fingerprint density at radius 3 is 2.31 bits per heavy atom. The van der Waals surface area contributed by atoms with Gasteiger partial charge in [-0.1, -0.05) is 0 Å². The molecule has 0 heterocycles. The molecule has 1 aliphatic carbocycles. The van der Waals surface area contributed by atoms with Crippen LogP contribution >= 0.6 is 0 Å². The number of rotatable bonds is 4. The second-order valence-corrected chi connectivity index (χ2v) is 5.38. The predicted octanol–water partition coefficient (Wildman–Crippen LogP) is 1.86. The van der Waals surface area contributed by atoms with Crippen LogP contribution in [0, 0.1) is 0 Å². The van der Waals surface area contributed by atoms with Gasteiger partial charge in [0.1, 0.15) is 0 Å². The maximum Gasteiger partial charge on any atom is 0.0192 e. The van der Waals surface area contributed by atoms with Crippen LogP contribution in [0.3, 0.4) is 0 Å². The summed E-state index contributed by atoms with van der Waals surface area (Å²) in [5.41, 5.74) is 0.249. The van der Waals surface area contributed by atoms with Gasteiger partial charge in [-0.3, -0.25) is 4.90 Å². The van der Waals surface area contributed by atoms with Gasteiger partial charge in [0.05, 0.1) is 0 Å². The highest BCUT2D eigenvalue weighted by molar-refractivity contribution is 4.86. The van der Waals surface area contributed by atoms with Gasteiger partial charge < -0.3 is 5.32 Å². The molecule has 1 atom stereocenters. The minimum Gasteiger partial charge on any atom is -0.311 e. The van der Waals surface area contributed by atoms with Crippen LogP contribution < -0.4 is 5.32 Å². The topological polar surface area (TPSA) is 15.3 Å². The largest absolute Gasteiger partial charge is 0.311 e. The molecule has 78 valence electrons. The number of hydrogen-bond acceptors (Lipinski definition) is 2. The molecule has 1 saturated carbocycles. The zero-order valence-electron chi connectivity index (χ0n) is 9.72. The van der Waals surface area contributed by atoms with E-state index in [4.69, 9.17) is 0 Å². The fraction of sp³-hybridized carbons (Fsp3) is 1.00. The molecule has 0 aromatic carbocycles. The van der Waals surface area contributed by atoms with Gasteiger partial charge in [0, 0.05) is 24.2 Å². The van der Waals surface area contributed by atoms with E-state index in [0.29, 0.717) is 6.04 Å². The van der Waals surface area contributed by atoms with Crippen molar-refractivity contribution in [2.45, 2.75) is 58.2 Å². The second kappa shape index (κ2) is 3.97. The average Bonchev–Trinajstić information content (AvgIpc) is 2.79. The lowest BCUT2D eigenvalue weighted by Gasteiger charge is -2.29. The van der Waals surface area contributed by atoms with Crippen molar-refractivity contribution in [2.75, 3.05) is 13.6 Å². The molecule has 0 aromatic rings. The number of nitrogens with one attached hydrogen (secondary N) is 1. The summed E-state index contributed by atoms with van der Waals surface area (Å²) in [6.07, 6.45) is 2.80. The van der Waals surface area contributed by atoms with Crippen molar-refractivity contribution in [3.63, 3.8) is 0 Å². The van der Waals surface area contributed by atoms with Crippen molar-refractivity contribution < 1.29 is 0 Å². The lowest BCUT2D eigenvalue weighted by molar-refractivity contribution is 0.227. The van der Waals surface area contributed by atoms with E-state index in [1.54, 1.807) is 0 Å². The molecule has 0 spiro atoms. The molecule has 0 saturated heterocycles. The van der Waals surface area contributed by atoms with Gasteiger partial charge in [0.2, 0.25) is 0 Å². The monoisotopic (exact) mass is 184 g/mol. The Balaban J connectivity index is 2.20. The molecule has 1 rings (SSSR count). The van der Waals surface area contributed by atoms with Gasteiger partial charge >= 0.3 is 0 Å². The number of likely N-dealkylation sites (N-methyl/N-ethyl adjacent to an activating group) is 1. The van der Waals surface area contributed by atoms with Crippen LogP contribution in [0.2, 0.25) is 0 Å². The molecule has 0 radical (unpaired) electrons. The van der Waals surface area contributed by atoms with Crippen LogP contribution in [0.15, 0.2) is 0 Å². The Kier molecular flexibility index (Phi) is 3.36. The van der Waals surface area contributed by atoms with Crippen molar-refractivity contribution >= 4 is 0 Å². The summed E-state index contributed by atoms with van der Waals surface area (Å²) < 4.78 is 0. The predicted molar refractivity (Wildman–Crippen MR) is 58.0 cm³/mol. The van der Waals surface area contributed by atoms with Crippen molar-refractivity contribution in [1.82, 2.24) is 10.2 Å². The molecule has 1 fully saturated rings. The van der Waals surface area contributed by atoms with Crippen LogP contribution in [0.1, 0.15) is 40.5 Å². The summed E-state index contributed by atoms with van der Waals surface area (Å²) in [5.74, 6) is 0. The van der Waals surface area contributed by atoms with E-state index in [2.05, 4.69) is 45.0 Å². The first-order valence-corrected chi connectivity index (χ1v) is 5.37. The minimum absolute atomic E-state index is 0.249. The molecule has 2 heteroatoms. The van der Waals surface area contributed by atoms with Crippen LogP contribution in [-0.2, 0) is 0 Å². The summed E-state index contributed by atoms with van der Waals surface area (Å²) in [5, 5.41) is 3.54. The minimum atomic E-state index is 0.249. The molecule has 1 N–H and O–H groups in total. The summed E-state index contributed by atoms with van der Waals surface area (Å²) in [4.78, 5) is 2.50. The third-order valence-corrected chi connectivity index (χ3v) is 2.75. The van der Waals surface area contributed by atoms with Crippen molar-refractivity contribution in [2.24, 2.45) is 0 Å². The summed E-state index contributed by atoms with van der Waals surface area (Å²) in [7, 11) is 2.24. The van der Waals surface area contributed by atoms with Gasteiger partial charge in [-0.05, 0) is 47.6 Å². The quantitative estimate of drug-likeness (QED) is 0.717. The van der Waals surface area contributed by atoms with E-state index < -0.39 is 0 Å². The van der Waals surface area contributed by atoms with Crippen LogP contribution in [-0.4, -0.2) is 36.1 Å². The van der Waals surface area contributed by atoms with Crippen molar-refractivity contribution in [3.05, 3.63) is 0 Å². The van der Waals surface area contributed by atoms with E-state index >= 15 is 0 Å². The summed E-state index contributed by atoms with van der Waals surface area (Å²) in [6, 6.07) is 1.53. The Labute approximate surface area is 82.7 Å².